The van der Waals surface area contributed by atoms with E-state index in [4.69, 9.17) is 10.4 Å². The van der Waals surface area contributed by atoms with Crippen LogP contribution in [-0.2, 0) is 16.1 Å². The van der Waals surface area contributed by atoms with Crippen LogP contribution in [0.3, 0.4) is 0 Å². The predicted molar refractivity (Wildman–Crippen MR) is 137 cm³/mol. The molecule has 3 N–H and O–H groups in total. The van der Waals surface area contributed by atoms with E-state index in [1.54, 1.807) is 55.0 Å². The Morgan fingerprint density at radius 1 is 0.973 bits per heavy atom. The predicted octanol–water partition coefficient (Wildman–Crippen LogP) is 3.22. The maximum absolute atomic E-state index is 13.1. The van der Waals surface area contributed by atoms with E-state index in [2.05, 4.69) is 38.6 Å². The lowest BCUT2D eigenvalue weighted by Gasteiger charge is -2.17. The van der Waals surface area contributed by atoms with Gasteiger partial charge in [-0.25, -0.2) is 4.98 Å². The number of carbonyl (C=O) groups is 2. The average Bonchev–Trinajstić information content (AvgIpc) is 3.37. The number of carboxylic acid groups (broad SMARTS) is 1. The van der Waals surface area contributed by atoms with Gasteiger partial charge in [0.05, 0.1) is 24.4 Å². The number of nitrogens with zero attached hydrogens (tertiary/aromatic N) is 4. The van der Waals surface area contributed by atoms with Crippen LogP contribution in [0.2, 0.25) is 0 Å². The van der Waals surface area contributed by atoms with Crippen molar-refractivity contribution >= 4 is 17.7 Å². The first-order valence-corrected chi connectivity index (χ1v) is 11.3. The lowest BCUT2D eigenvalue weighted by atomic mass is 10.1. The summed E-state index contributed by atoms with van der Waals surface area (Å²) in [5.74, 6) is 5.14. The first kappa shape index (κ1) is 24.9. The number of benzene rings is 2. The molecule has 2 aromatic heterocycles. The highest BCUT2D eigenvalue weighted by Crippen LogP contribution is 2.20. The number of amides is 1. The largest absolute Gasteiger partial charge is 0.480 e. The van der Waals surface area contributed by atoms with E-state index >= 15 is 0 Å². The highest BCUT2D eigenvalue weighted by molar-refractivity contribution is 5.95. The molecule has 0 spiro atoms. The standard InChI is InChI=1S/C28H22N6O3/c29-15-21-10-8-20(9-11-21)5-4-14-30-27(22-6-2-1-3-7-22)28(37)33-25-13-12-23(16-31-25)24-17-32-34(18-24)19-26(35)36/h1-3,6-13,16-18,27,30H,14,19H2,(H,35,36)(H,31,33,37). The summed E-state index contributed by atoms with van der Waals surface area (Å²) in [6, 6.07) is 21.1. The second-order valence-corrected chi connectivity index (χ2v) is 7.96. The zero-order valence-corrected chi connectivity index (χ0v) is 19.6. The van der Waals surface area contributed by atoms with Gasteiger partial charge in [-0.05, 0) is 42.0 Å². The summed E-state index contributed by atoms with van der Waals surface area (Å²) >= 11 is 0. The number of rotatable bonds is 8. The molecule has 0 aliphatic heterocycles. The molecule has 2 heterocycles. The van der Waals surface area contributed by atoms with Crippen molar-refractivity contribution < 1.29 is 14.7 Å². The van der Waals surface area contributed by atoms with Crippen molar-refractivity contribution in [2.75, 3.05) is 11.9 Å². The van der Waals surface area contributed by atoms with Crippen molar-refractivity contribution in [2.45, 2.75) is 12.6 Å². The number of hydrogen-bond donors (Lipinski definition) is 3. The van der Waals surface area contributed by atoms with Crippen molar-refractivity contribution in [2.24, 2.45) is 0 Å². The summed E-state index contributed by atoms with van der Waals surface area (Å²) in [6.07, 6.45) is 4.77. The monoisotopic (exact) mass is 490 g/mol. The molecule has 9 nitrogen and oxygen atoms in total. The van der Waals surface area contributed by atoms with Crippen molar-refractivity contribution in [3.63, 3.8) is 0 Å². The minimum absolute atomic E-state index is 0.229. The number of anilines is 1. The van der Waals surface area contributed by atoms with E-state index in [9.17, 15) is 9.59 Å². The Morgan fingerprint density at radius 2 is 1.73 bits per heavy atom. The van der Waals surface area contributed by atoms with Gasteiger partial charge >= 0.3 is 5.97 Å². The topological polar surface area (TPSA) is 133 Å². The first-order chi connectivity index (χ1) is 18.0. The molecule has 4 rings (SSSR count). The van der Waals surface area contributed by atoms with Crippen LogP contribution in [0.4, 0.5) is 5.82 Å². The van der Waals surface area contributed by atoms with Crippen LogP contribution in [0, 0.1) is 23.2 Å². The van der Waals surface area contributed by atoms with Gasteiger partial charge in [-0.15, -0.1) is 0 Å². The minimum atomic E-state index is -0.979. The molecule has 1 atom stereocenters. The number of aliphatic carboxylic acids is 1. The Bertz CT molecular complexity index is 1480. The van der Waals surface area contributed by atoms with Crippen LogP contribution in [0.1, 0.15) is 22.7 Å². The molecule has 0 aliphatic carbocycles. The molecule has 0 radical (unpaired) electrons. The molecule has 0 saturated carbocycles. The number of nitriles is 1. The van der Waals surface area contributed by atoms with Gasteiger partial charge in [0, 0.05) is 29.1 Å². The Labute approximate surface area is 213 Å². The van der Waals surface area contributed by atoms with Gasteiger partial charge in [0.25, 0.3) is 0 Å². The number of pyridine rings is 1. The van der Waals surface area contributed by atoms with Crippen LogP contribution in [0.25, 0.3) is 11.1 Å². The van der Waals surface area contributed by atoms with E-state index in [0.717, 1.165) is 22.3 Å². The van der Waals surface area contributed by atoms with Crippen LogP contribution in [0.15, 0.2) is 85.3 Å². The summed E-state index contributed by atoms with van der Waals surface area (Å²) in [4.78, 5) is 28.3. The second kappa shape index (κ2) is 11.9. The third-order valence-electron chi connectivity index (χ3n) is 5.31. The number of carboxylic acids is 1. The van der Waals surface area contributed by atoms with Crippen LogP contribution in [-0.4, -0.2) is 38.3 Å². The van der Waals surface area contributed by atoms with Gasteiger partial charge in [-0.3, -0.25) is 19.6 Å². The summed E-state index contributed by atoms with van der Waals surface area (Å²) in [7, 11) is 0. The third kappa shape index (κ3) is 6.89. The molecule has 0 bridgehead atoms. The fourth-order valence-corrected chi connectivity index (χ4v) is 3.51. The van der Waals surface area contributed by atoms with Crippen molar-refractivity contribution in [1.29, 1.82) is 5.26 Å². The molecule has 2 aromatic carbocycles. The Balaban J connectivity index is 1.42. The molecule has 1 amide bonds. The van der Waals surface area contributed by atoms with Crippen molar-refractivity contribution in [3.8, 4) is 29.0 Å². The highest BCUT2D eigenvalue weighted by Gasteiger charge is 2.20. The normalized spacial score (nSPS) is 11.0. The number of nitrogens with one attached hydrogen (secondary N) is 2. The van der Waals surface area contributed by atoms with E-state index in [0.29, 0.717) is 11.4 Å². The fraction of sp³-hybridized carbons (Fsp3) is 0.107. The zero-order valence-electron chi connectivity index (χ0n) is 19.6. The van der Waals surface area contributed by atoms with Gasteiger partial charge < -0.3 is 10.4 Å². The Kier molecular flexibility index (Phi) is 8.02. The molecule has 0 aliphatic rings. The molecule has 0 saturated heterocycles. The van der Waals surface area contributed by atoms with E-state index in [1.807, 2.05) is 30.3 Å². The molecule has 4 aromatic rings. The molecule has 182 valence electrons. The molecular weight excluding hydrogens is 468 g/mol. The zero-order chi connectivity index (χ0) is 26.0. The number of hydrogen-bond acceptors (Lipinski definition) is 6. The van der Waals surface area contributed by atoms with Gasteiger partial charge in [-0.1, -0.05) is 42.2 Å². The maximum Gasteiger partial charge on any atom is 0.325 e. The molecule has 9 heteroatoms. The van der Waals surface area contributed by atoms with Gasteiger partial charge in [0.2, 0.25) is 5.91 Å². The van der Waals surface area contributed by atoms with Gasteiger partial charge in [-0.2, -0.15) is 10.4 Å². The molecule has 0 fully saturated rings. The second-order valence-electron chi connectivity index (χ2n) is 7.96. The minimum Gasteiger partial charge on any atom is -0.480 e. The molecule has 1 unspecified atom stereocenters. The SMILES string of the molecule is N#Cc1ccc(C#CCNC(C(=O)Nc2ccc(-c3cnn(CC(=O)O)c3)cn2)c2ccccc2)cc1. The number of carbonyl (C=O) groups excluding carboxylic acids is 1. The smallest absolute Gasteiger partial charge is 0.325 e. The molecule has 37 heavy (non-hydrogen) atoms. The highest BCUT2D eigenvalue weighted by atomic mass is 16.4. The summed E-state index contributed by atoms with van der Waals surface area (Å²) < 4.78 is 1.33. The maximum atomic E-state index is 13.1. The Hall–Kier alpha value is -5.25. The van der Waals surface area contributed by atoms with E-state index in [1.165, 1.54) is 4.68 Å². The average molecular weight is 491 g/mol. The lowest BCUT2D eigenvalue weighted by Crippen LogP contribution is -2.33. The van der Waals surface area contributed by atoms with Crippen molar-refractivity contribution in [1.82, 2.24) is 20.1 Å². The summed E-state index contributed by atoms with van der Waals surface area (Å²) in [6.45, 7) is 0.0347. The quantitative estimate of drug-likeness (QED) is 0.323. The van der Waals surface area contributed by atoms with Crippen LogP contribution in [0.5, 0.6) is 0 Å². The van der Waals surface area contributed by atoms with Gasteiger partial charge in [0.1, 0.15) is 18.4 Å². The van der Waals surface area contributed by atoms with E-state index < -0.39 is 12.0 Å². The van der Waals surface area contributed by atoms with Crippen LogP contribution < -0.4 is 10.6 Å². The van der Waals surface area contributed by atoms with Crippen LogP contribution >= 0.6 is 0 Å². The molecular formula is C28H22N6O3. The third-order valence-corrected chi connectivity index (χ3v) is 5.31. The lowest BCUT2D eigenvalue weighted by molar-refractivity contribution is -0.137. The summed E-state index contributed by atoms with van der Waals surface area (Å²) in [5.41, 5.74) is 3.59. The number of aromatic nitrogens is 3. The summed E-state index contributed by atoms with van der Waals surface area (Å²) in [5, 5.41) is 27.8. The van der Waals surface area contributed by atoms with Crippen molar-refractivity contribution in [3.05, 3.63) is 102 Å². The first-order valence-electron chi connectivity index (χ1n) is 11.3. The fourth-order valence-electron chi connectivity index (χ4n) is 3.51. The Morgan fingerprint density at radius 3 is 2.41 bits per heavy atom. The van der Waals surface area contributed by atoms with E-state index in [-0.39, 0.29) is 19.0 Å². The van der Waals surface area contributed by atoms with Gasteiger partial charge in [0.15, 0.2) is 0 Å².